The topological polar surface area (TPSA) is 67.9 Å². The van der Waals surface area contributed by atoms with Gasteiger partial charge in [0.15, 0.2) is 0 Å². The van der Waals surface area contributed by atoms with Gasteiger partial charge in [0, 0.05) is 11.6 Å². The van der Waals surface area contributed by atoms with Crippen molar-refractivity contribution in [1.82, 2.24) is 9.55 Å². The molecule has 0 aliphatic carbocycles. The summed E-state index contributed by atoms with van der Waals surface area (Å²) in [6.07, 6.45) is 1.59. The first-order valence-electron chi connectivity index (χ1n) is 6.85. The minimum atomic E-state index is -0.445. The van der Waals surface area contributed by atoms with Gasteiger partial charge >= 0.3 is 0 Å². The van der Waals surface area contributed by atoms with E-state index in [1.165, 1.54) is 4.57 Å². The second-order valence-corrected chi connectivity index (χ2v) is 5.29. The highest BCUT2D eigenvalue weighted by Crippen LogP contribution is 2.23. The minimum absolute atomic E-state index is 0.0688. The van der Waals surface area contributed by atoms with E-state index in [9.17, 15) is 10.1 Å². The number of halogens is 1. The normalized spacial score (nSPS) is 10.5. The van der Waals surface area contributed by atoms with E-state index in [-0.39, 0.29) is 10.6 Å². The van der Waals surface area contributed by atoms with Crippen LogP contribution in [0.5, 0.6) is 5.75 Å². The van der Waals surface area contributed by atoms with Crippen LogP contribution in [0.25, 0.3) is 11.0 Å². The Hall–Kier alpha value is -2.84. The van der Waals surface area contributed by atoms with Crippen LogP contribution in [-0.2, 0) is 6.54 Å². The molecule has 6 heteroatoms. The lowest BCUT2D eigenvalue weighted by Gasteiger charge is -2.12. The average Bonchev–Trinajstić information content (AvgIpc) is 2.59. The van der Waals surface area contributed by atoms with Crippen molar-refractivity contribution in [2.75, 3.05) is 7.11 Å². The van der Waals surface area contributed by atoms with Crippen LogP contribution in [0.4, 0.5) is 0 Å². The number of rotatable bonds is 3. The predicted molar refractivity (Wildman–Crippen MR) is 87.8 cm³/mol. The Morgan fingerprint density at radius 1 is 1.30 bits per heavy atom. The molecule has 3 rings (SSSR count). The van der Waals surface area contributed by atoms with Crippen LogP contribution >= 0.6 is 11.6 Å². The summed E-state index contributed by atoms with van der Waals surface area (Å²) in [7, 11) is 1.59. The van der Waals surface area contributed by atoms with Crippen molar-refractivity contribution in [3.05, 3.63) is 69.1 Å². The number of ether oxygens (including phenoxy) is 1. The van der Waals surface area contributed by atoms with Crippen molar-refractivity contribution in [3.8, 4) is 11.8 Å². The molecule has 0 aliphatic rings. The van der Waals surface area contributed by atoms with Crippen molar-refractivity contribution >= 4 is 22.6 Å². The maximum absolute atomic E-state index is 12.6. The molecule has 23 heavy (non-hydrogen) atoms. The zero-order chi connectivity index (χ0) is 16.4. The quantitative estimate of drug-likeness (QED) is 0.742. The van der Waals surface area contributed by atoms with Crippen LogP contribution in [0.1, 0.15) is 11.1 Å². The van der Waals surface area contributed by atoms with E-state index in [2.05, 4.69) is 4.98 Å². The first-order chi connectivity index (χ1) is 11.2. The Kier molecular flexibility index (Phi) is 4.00. The summed E-state index contributed by atoms with van der Waals surface area (Å²) in [5.41, 5.74) is 0.837. The highest BCUT2D eigenvalue weighted by Gasteiger charge is 2.16. The number of hydrogen-bond acceptors (Lipinski definition) is 4. The van der Waals surface area contributed by atoms with E-state index in [0.29, 0.717) is 17.6 Å². The van der Waals surface area contributed by atoms with Gasteiger partial charge in [-0.25, -0.2) is 4.98 Å². The van der Waals surface area contributed by atoms with Gasteiger partial charge in [-0.2, -0.15) is 5.26 Å². The third kappa shape index (κ3) is 2.65. The van der Waals surface area contributed by atoms with Gasteiger partial charge in [0.2, 0.25) is 0 Å². The van der Waals surface area contributed by atoms with E-state index < -0.39 is 5.56 Å². The molecule has 0 saturated heterocycles. The van der Waals surface area contributed by atoms with Gasteiger partial charge < -0.3 is 4.74 Å². The second-order valence-electron chi connectivity index (χ2n) is 4.91. The van der Waals surface area contributed by atoms with Crippen molar-refractivity contribution in [2.45, 2.75) is 6.54 Å². The fourth-order valence-corrected chi connectivity index (χ4v) is 2.67. The summed E-state index contributed by atoms with van der Waals surface area (Å²) >= 11 is 6.17. The van der Waals surface area contributed by atoms with Gasteiger partial charge in [0.25, 0.3) is 5.56 Å². The van der Waals surface area contributed by atoms with Crippen LogP contribution in [-0.4, -0.2) is 16.7 Å². The molecule has 0 atom stereocenters. The molecular weight excluding hydrogens is 314 g/mol. The number of nitriles is 1. The maximum Gasteiger partial charge on any atom is 0.271 e. The highest BCUT2D eigenvalue weighted by molar-refractivity contribution is 6.36. The zero-order valence-electron chi connectivity index (χ0n) is 12.3. The zero-order valence-corrected chi connectivity index (χ0v) is 13.0. The Morgan fingerprint density at radius 3 is 2.70 bits per heavy atom. The molecule has 2 heterocycles. The fraction of sp³-hybridized carbons (Fsp3) is 0.118. The van der Waals surface area contributed by atoms with Crippen LogP contribution in [0, 0.1) is 11.3 Å². The smallest absolute Gasteiger partial charge is 0.271 e. The van der Waals surface area contributed by atoms with Gasteiger partial charge in [0.05, 0.1) is 18.7 Å². The predicted octanol–water partition coefficient (Wildman–Crippen LogP) is 2.98. The molecule has 0 spiro atoms. The highest BCUT2D eigenvalue weighted by atomic mass is 35.5. The number of hydrogen-bond donors (Lipinski definition) is 0. The summed E-state index contributed by atoms with van der Waals surface area (Å²) in [6.45, 7) is 0.294. The molecule has 3 aromatic rings. The van der Waals surface area contributed by atoms with Crippen LogP contribution in [0.3, 0.4) is 0 Å². The average molecular weight is 326 g/mol. The Balaban J connectivity index is 2.20. The lowest BCUT2D eigenvalue weighted by atomic mass is 10.1. The Morgan fingerprint density at radius 2 is 2.04 bits per heavy atom. The summed E-state index contributed by atoms with van der Waals surface area (Å²) in [6, 6.07) is 12.7. The molecule has 0 radical (unpaired) electrons. The standard InChI is InChI=1S/C17H12ClN3O2/c1-23-12-6-4-11(5-7-12)10-21-16-13(3-2-8-20-16)15(18)14(9-19)17(21)22/h2-8H,10H2,1H3. The van der Waals surface area contributed by atoms with Gasteiger partial charge in [-0.3, -0.25) is 9.36 Å². The second kappa shape index (κ2) is 6.11. The molecule has 114 valence electrons. The van der Waals surface area contributed by atoms with E-state index in [1.54, 1.807) is 25.4 Å². The molecule has 1 aromatic carbocycles. The largest absolute Gasteiger partial charge is 0.497 e. The molecule has 0 aliphatic heterocycles. The Bertz CT molecular complexity index is 972. The van der Waals surface area contributed by atoms with E-state index in [0.717, 1.165) is 11.3 Å². The minimum Gasteiger partial charge on any atom is -0.497 e. The molecule has 0 amide bonds. The van der Waals surface area contributed by atoms with Crippen LogP contribution in [0.2, 0.25) is 5.02 Å². The van der Waals surface area contributed by atoms with Gasteiger partial charge in [0.1, 0.15) is 23.0 Å². The third-order valence-electron chi connectivity index (χ3n) is 3.57. The molecular formula is C17H12ClN3O2. The molecule has 0 unspecified atom stereocenters. The van der Waals surface area contributed by atoms with E-state index in [1.807, 2.05) is 30.3 Å². The van der Waals surface area contributed by atoms with Crippen LogP contribution in [0.15, 0.2) is 47.4 Å². The molecule has 5 nitrogen and oxygen atoms in total. The van der Waals surface area contributed by atoms with Gasteiger partial charge in [-0.05, 0) is 29.8 Å². The number of methoxy groups -OCH3 is 1. The van der Waals surface area contributed by atoms with Crippen molar-refractivity contribution in [1.29, 1.82) is 5.26 Å². The summed E-state index contributed by atoms with van der Waals surface area (Å²) in [5.74, 6) is 0.734. The monoisotopic (exact) mass is 325 g/mol. The summed E-state index contributed by atoms with van der Waals surface area (Å²) in [4.78, 5) is 16.8. The van der Waals surface area contributed by atoms with E-state index in [4.69, 9.17) is 16.3 Å². The number of aromatic nitrogens is 2. The molecule has 0 N–H and O–H groups in total. The van der Waals surface area contributed by atoms with Crippen molar-refractivity contribution in [2.24, 2.45) is 0 Å². The number of benzene rings is 1. The molecule has 0 fully saturated rings. The Labute approximate surface area is 137 Å². The SMILES string of the molecule is COc1ccc(Cn2c(=O)c(C#N)c(Cl)c3cccnc32)cc1. The first-order valence-corrected chi connectivity index (χ1v) is 7.23. The molecule has 0 bridgehead atoms. The summed E-state index contributed by atoms with van der Waals surface area (Å²) in [5, 5.41) is 9.96. The fourth-order valence-electron chi connectivity index (χ4n) is 2.40. The maximum atomic E-state index is 12.6. The number of fused-ring (bicyclic) bond motifs is 1. The van der Waals surface area contributed by atoms with Gasteiger partial charge in [-0.1, -0.05) is 23.7 Å². The molecule has 0 saturated carbocycles. The number of nitrogens with zero attached hydrogens (tertiary/aromatic N) is 3. The number of pyridine rings is 2. The lowest BCUT2D eigenvalue weighted by Crippen LogP contribution is -2.24. The van der Waals surface area contributed by atoms with Crippen LogP contribution < -0.4 is 10.3 Å². The van der Waals surface area contributed by atoms with Crippen molar-refractivity contribution in [3.63, 3.8) is 0 Å². The van der Waals surface area contributed by atoms with Crippen molar-refractivity contribution < 1.29 is 4.74 Å². The van der Waals surface area contributed by atoms with E-state index >= 15 is 0 Å². The lowest BCUT2D eigenvalue weighted by molar-refractivity contribution is 0.414. The van der Waals surface area contributed by atoms with Gasteiger partial charge in [-0.15, -0.1) is 0 Å². The first kappa shape index (κ1) is 15.1. The molecule has 2 aromatic heterocycles. The third-order valence-corrected chi connectivity index (χ3v) is 3.96. The summed E-state index contributed by atoms with van der Waals surface area (Å²) < 4.78 is 6.58.